The summed E-state index contributed by atoms with van der Waals surface area (Å²) < 4.78 is 0. The molecule has 2 bridgehead atoms. The smallest absolute Gasteiger partial charge is 0.261 e. The van der Waals surface area contributed by atoms with Crippen molar-refractivity contribution >= 4 is 35.6 Å². The van der Waals surface area contributed by atoms with Gasteiger partial charge < -0.3 is 15.5 Å². The minimum atomic E-state index is -0.493. The normalized spacial score (nSPS) is 27.0. The second kappa shape index (κ2) is 7.64. The zero-order valence-corrected chi connectivity index (χ0v) is 15.1. The summed E-state index contributed by atoms with van der Waals surface area (Å²) in [6, 6.07) is 4.50. The number of rotatable bonds is 4. The molecule has 2 amide bonds. The average molecular weight is 358 g/mol. The van der Waals surface area contributed by atoms with Gasteiger partial charge in [0.1, 0.15) is 6.04 Å². The van der Waals surface area contributed by atoms with E-state index in [1.165, 1.54) is 24.2 Å². The van der Waals surface area contributed by atoms with Crippen molar-refractivity contribution in [1.29, 1.82) is 0 Å². The lowest BCUT2D eigenvalue weighted by molar-refractivity contribution is -0.134. The molecule has 2 N–H and O–H groups in total. The maximum atomic E-state index is 12.6. The molecule has 0 radical (unpaired) electrons. The van der Waals surface area contributed by atoms with Gasteiger partial charge in [0.25, 0.3) is 5.91 Å². The van der Waals surface area contributed by atoms with Crippen LogP contribution < -0.4 is 10.6 Å². The minimum absolute atomic E-state index is 0. The Labute approximate surface area is 147 Å². The highest BCUT2D eigenvalue weighted by Gasteiger charge is 2.37. The van der Waals surface area contributed by atoms with Crippen molar-refractivity contribution in [1.82, 2.24) is 15.5 Å². The summed E-state index contributed by atoms with van der Waals surface area (Å²) in [6.07, 6.45) is 4.47. The SMILES string of the molecule is CC(NC(=O)c1cccs1)C(=O)N(C)C1CC2CCC(C1)N2.Cl. The Morgan fingerprint density at radius 2 is 2.00 bits per heavy atom. The van der Waals surface area contributed by atoms with E-state index in [-0.39, 0.29) is 30.3 Å². The molecule has 128 valence electrons. The monoisotopic (exact) mass is 357 g/mol. The van der Waals surface area contributed by atoms with Gasteiger partial charge in [-0.1, -0.05) is 6.07 Å². The highest BCUT2D eigenvalue weighted by molar-refractivity contribution is 7.12. The van der Waals surface area contributed by atoms with E-state index in [4.69, 9.17) is 0 Å². The van der Waals surface area contributed by atoms with Gasteiger partial charge in [0.15, 0.2) is 0 Å². The van der Waals surface area contributed by atoms with Crippen LogP contribution in [0, 0.1) is 0 Å². The molecule has 1 aromatic heterocycles. The fourth-order valence-electron chi connectivity index (χ4n) is 3.57. The van der Waals surface area contributed by atoms with Gasteiger partial charge in [0.2, 0.25) is 5.91 Å². The average Bonchev–Trinajstić information content (AvgIpc) is 3.15. The largest absolute Gasteiger partial charge is 0.341 e. The number of piperidine rings is 1. The predicted octanol–water partition coefficient (Wildman–Crippen LogP) is 2.03. The summed E-state index contributed by atoms with van der Waals surface area (Å²) in [5, 5.41) is 8.25. The molecule has 2 saturated heterocycles. The number of nitrogens with zero attached hydrogens (tertiary/aromatic N) is 1. The van der Waals surface area contributed by atoms with Crippen molar-refractivity contribution in [3.8, 4) is 0 Å². The molecule has 2 aliphatic rings. The molecule has 3 rings (SSSR count). The first-order valence-electron chi connectivity index (χ1n) is 7.91. The summed E-state index contributed by atoms with van der Waals surface area (Å²) in [5.41, 5.74) is 0. The lowest BCUT2D eigenvalue weighted by Gasteiger charge is -2.36. The van der Waals surface area contributed by atoms with E-state index in [1.807, 2.05) is 23.4 Å². The van der Waals surface area contributed by atoms with E-state index in [0.29, 0.717) is 17.0 Å². The third-order valence-corrected chi connectivity index (χ3v) is 5.68. The Morgan fingerprint density at radius 3 is 2.57 bits per heavy atom. The molecular weight excluding hydrogens is 334 g/mol. The van der Waals surface area contributed by atoms with Crippen molar-refractivity contribution in [3.05, 3.63) is 22.4 Å². The van der Waals surface area contributed by atoms with Crippen molar-refractivity contribution in [2.24, 2.45) is 0 Å². The van der Waals surface area contributed by atoms with Crippen LogP contribution in [0.15, 0.2) is 17.5 Å². The molecule has 0 aliphatic carbocycles. The van der Waals surface area contributed by atoms with Gasteiger partial charge in [-0.05, 0) is 44.1 Å². The van der Waals surface area contributed by atoms with Crippen LogP contribution in [-0.2, 0) is 4.79 Å². The zero-order chi connectivity index (χ0) is 15.7. The third kappa shape index (κ3) is 4.05. The van der Waals surface area contributed by atoms with Crippen LogP contribution in [0.5, 0.6) is 0 Å². The third-order valence-electron chi connectivity index (χ3n) is 4.81. The number of thiophene rings is 1. The predicted molar refractivity (Wildman–Crippen MR) is 94.2 cm³/mol. The minimum Gasteiger partial charge on any atom is -0.341 e. The lowest BCUT2D eigenvalue weighted by atomic mass is 9.98. The van der Waals surface area contributed by atoms with Crippen molar-refractivity contribution in [2.75, 3.05) is 7.05 Å². The topological polar surface area (TPSA) is 61.4 Å². The number of hydrogen-bond acceptors (Lipinski definition) is 4. The zero-order valence-electron chi connectivity index (χ0n) is 13.5. The van der Waals surface area contributed by atoms with Crippen molar-refractivity contribution in [3.63, 3.8) is 0 Å². The van der Waals surface area contributed by atoms with E-state index in [2.05, 4.69) is 10.6 Å². The van der Waals surface area contributed by atoms with E-state index >= 15 is 0 Å². The molecule has 3 atom stereocenters. The first-order chi connectivity index (χ1) is 10.5. The number of carbonyl (C=O) groups is 2. The molecule has 2 aliphatic heterocycles. The molecule has 23 heavy (non-hydrogen) atoms. The van der Waals surface area contributed by atoms with Gasteiger partial charge in [0.05, 0.1) is 4.88 Å². The van der Waals surface area contributed by atoms with Gasteiger partial charge in [-0.25, -0.2) is 0 Å². The molecule has 7 heteroatoms. The molecule has 2 fully saturated rings. The summed E-state index contributed by atoms with van der Waals surface area (Å²) in [6.45, 7) is 1.76. The number of hydrogen-bond donors (Lipinski definition) is 2. The standard InChI is InChI=1S/C16H23N3O2S.ClH/c1-10(17-15(20)14-4-3-7-22-14)16(21)19(2)13-8-11-5-6-12(9-13)18-11;/h3-4,7,10-13,18H,5-6,8-9H2,1-2H3,(H,17,20);1H. The number of nitrogens with one attached hydrogen (secondary N) is 2. The highest BCUT2D eigenvalue weighted by atomic mass is 35.5. The Balaban J connectivity index is 0.00000192. The summed E-state index contributed by atoms with van der Waals surface area (Å²) in [4.78, 5) is 27.1. The molecule has 3 heterocycles. The number of likely N-dealkylation sites (N-methyl/N-ethyl adjacent to an activating group) is 1. The van der Waals surface area contributed by atoms with Crippen LogP contribution >= 0.6 is 23.7 Å². The van der Waals surface area contributed by atoms with Crippen LogP contribution in [0.3, 0.4) is 0 Å². The van der Waals surface area contributed by atoms with E-state index in [0.717, 1.165) is 12.8 Å². The van der Waals surface area contributed by atoms with Crippen LogP contribution in [0.1, 0.15) is 42.3 Å². The van der Waals surface area contributed by atoms with Gasteiger partial charge in [-0.2, -0.15) is 0 Å². The molecule has 3 unspecified atom stereocenters. The Bertz CT molecular complexity index is 540. The van der Waals surface area contributed by atoms with Gasteiger partial charge in [-0.15, -0.1) is 23.7 Å². The Kier molecular flexibility index (Phi) is 6.06. The highest BCUT2D eigenvalue weighted by Crippen LogP contribution is 2.29. The number of carbonyl (C=O) groups excluding carboxylic acids is 2. The second-order valence-corrected chi connectivity index (χ2v) is 7.33. The summed E-state index contributed by atoms with van der Waals surface area (Å²) >= 11 is 1.38. The molecule has 1 aromatic rings. The van der Waals surface area contributed by atoms with E-state index in [9.17, 15) is 9.59 Å². The fraction of sp³-hybridized carbons (Fsp3) is 0.625. The number of fused-ring (bicyclic) bond motifs is 2. The first kappa shape index (κ1) is 18.2. The van der Waals surface area contributed by atoms with Crippen LogP contribution in [-0.4, -0.2) is 47.9 Å². The maximum Gasteiger partial charge on any atom is 0.261 e. The van der Waals surface area contributed by atoms with Gasteiger partial charge >= 0.3 is 0 Å². The maximum absolute atomic E-state index is 12.6. The number of amides is 2. The second-order valence-electron chi connectivity index (χ2n) is 6.38. The van der Waals surface area contributed by atoms with Crippen LogP contribution in [0.25, 0.3) is 0 Å². The number of halogens is 1. The van der Waals surface area contributed by atoms with E-state index < -0.39 is 6.04 Å². The molecule has 0 spiro atoms. The summed E-state index contributed by atoms with van der Waals surface area (Å²) in [5.74, 6) is -0.175. The molecule has 0 saturated carbocycles. The van der Waals surface area contributed by atoms with Crippen molar-refractivity contribution < 1.29 is 9.59 Å². The molecular formula is C16H24ClN3O2S. The molecule has 0 aromatic carbocycles. The fourth-order valence-corrected chi connectivity index (χ4v) is 4.19. The summed E-state index contributed by atoms with van der Waals surface area (Å²) in [7, 11) is 1.87. The lowest BCUT2D eigenvalue weighted by Crippen LogP contribution is -2.53. The quantitative estimate of drug-likeness (QED) is 0.866. The first-order valence-corrected chi connectivity index (χ1v) is 8.79. The van der Waals surface area contributed by atoms with Crippen molar-refractivity contribution in [2.45, 2.75) is 56.8 Å². The van der Waals surface area contributed by atoms with E-state index in [1.54, 1.807) is 13.0 Å². The van der Waals surface area contributed by atoms with Gasteiger partial charge in [-0.3, -0.25) is 9.59 Å². The Hall–Kier alpha value is -1.11. The van der Waals surface area contributed by atoms with Crippen LogP contribution in [0.4, 0.5) is 0 Å². The molecule has 5 nitrogen and oxygen atoms in total. The van der Waals surface area contributed by atoms with Gasteiger partial charge in [0, 0.05) is 25.2 Å². The Morgan fingerprint density at radius 1 is 1.35 bits per heavy atom. The van der Waals surface area contributed by atoms with Crippen LogP contribution in [0.2, 0.25) is 0 Å².